The number of alkyl halides is 2. The second-order valence-electron chi connectivity index (χ2n) is 2.70. The number of halogens is 3. The SMILES string of the molecule is COC(=O)c1cc(I)c(OC)c(C(F)F)n1. The minimum absolute atomic E-state index is 0.0248. The summed E-state index contributed by atoms with van der Waals surface area (Å²) < 4.78 is 34.9. The van der Waals surface area contributed by atoms with Crippen LogP contribution in [-0.4, -0.2) is 25.2 Å². The maximum absolute atomic E-state index is 12.6. The number of esters is 1. The Hall–Kier alpha value is -0.990. The van der Waals surface area contributed by atoms with Gasteiger partial charge in [0.25, 0.3) is 6.43 Å². The van der Waals surface area contributed by atoms with Crippen LogP contribution >= 0.6 is 22.6 Å². The second kappa shape index (κ2) is 5.37. The van der Waals surface area contributed by atoms with E-state index < -0.39 is 18.1 Å². The molecule has 88 valence electrons. The molecule has 0 amide bonds. The predicted molar refractivity (Wildman–Crippen MR) is 59.8 cm³/mol. The van der Waals surface area contributed by atoms with Gasteiger partial charge in [0.15, 0.2) is 11.4 Å². The first kappa shape index (κ1) is 13.1. The summed E-state index contributed by atoms with van der Waals surface area (Å²) in [6.07, 6.45) is -2.81. The van der Waals surface area contributed by atoms with Crippen LogP contribution in [0.25, 0.3) is 0 Å². The summed E-state index contributed by atoms with van der Waals surface area (Å²) in [5.41, 5.74) is -0.724. The highest BCUT2D eigenvalue weighted by atomic mass is 127. The third-order valence-electron chi connectivity index (χ3n) is 1.76. The van der Waals surface area contributed by atoms with Crippen molar-refractivity contribution in [3.05, 3.63) is 21.0 Å². The Kier molecular flexibility index (Phi) is 4.39. The maximum atomic E-state index is 12.6. The predicted octanol–water partition coefficient (Wildman–Crippen LogP) is 2.42. The highest BCUT2D eigenvalue weighted by molar-refractivity contribution is 14.1. The summed E-state index contributed by atoms with van der Waals surface area (Å²) >= 11 is 1.79. The van der Waals surface area contributed by atoms with Gasteiger partial charge in [-0.2, -0.15) is 0 Å². The molecule has 0 unspecified atom stereocenters. The van der Waals surface area contributed by atoms with Gasteiger partial charge >= 0.3 is 5.97 Å². The molecule has 16 heavy (non-hydrogen) atoms. The lowest BCUT2D eigenvalue weighted by atomic mass is 10.3. The van der Waals surface area contributed by atoms with E-state index in [1.54, 1.807) is 22.6 Å². The fourth-order valence-corrected chi connectivity index (χ4v) is 1.87. The number of hydrogen-bond acceptors (Lipinski definition) is 4. The molecule has 1 aromatic heterocycles. The first-order valence-corrected chi connectivity index (χ1v) is 5.20. The number of aromatic nitrogens is 1. The Morgan fingerprint density at radius 1 is 1.50 bits per heavy atom. The molecule has 0 aliphatic rings. The highest BCUT2D eigenvalue weighted by Crippen LogP contribution is 2.31. The van der Waals surface area contributed by atoms with Gasteiger partial charge in [-0.1, -0.05) is 0 Å². The van der Waals surface area contributed by atoms with Crippen molar-refractivity contribution in [2.75, 3.05) is 14.2 Å². The van der Waals surface area contributed by atoms with E-state index in [9.17, 15) is 13.6 Å². The van der Waals surface area contributed by atoms with Gasteiger partial charge < -0.3 is 9.47 Å². The van der Waals surface area contributed by atoms with Gasteiger partial charge in [-0.3, -0.25) is 0 Å². The van der Waals surface area contributed by atoms with Crippen LogP contribution in [-0.2, 0) is 4.74 Å². The van der Waals surface area contributed by atoms with Crippen molar-refractivity contribution >= 4 is 28.6 Å². The normalized spacial score (nSPS) is 10.4. The van der Waals surface area contributed by atoms with Gasteiger partial charge in [-0.15, -0.1) is 0 Å². The lowest BCUT2D eigenvalue weighted by Crippen LogP contribution is -2.09. The Morgan fingerprint density at radius 3 is 2.56 bits per heavy atom. The van der Waals surface area contributed by atoms with Gasteiger partial charge in [0.05, 0.1) is 17.8 Å². The zero-order valence-electron chi connectivity index (χ0n) is 8.46. The molecule has 0 aliphatic carbocycles. The van der Waals surface area contributed by atoms with E-state index in [-0.39, 0.29) is 11.4 Å². The van der Waals surface area contributed by atoms with Crippen LogP contribution in [0, 0.1) is 3.57 Å². The van der Waals surface area contributed by atoms with E-state index in [0.717, 1.165) is 7.11 Å². The molecule has 0 aromatic carbocycles. The van der Waals surface area contributed by atoms with Gasteiger partial charge in [-0.05, 0) is 28.7 Å². The van der Waals surface area contributed by atoms with Crippen LogP contribution in [0.15, 0.2) is 6.07 Å². The number of hydrogen-bond donors (Lipinski definition) is 0. The van der Waals surface area contributed by atoms with Crippen molar-refractivity contribution in [2.45, 2.75) is 6.43 Å². The largest absolute Gasteiger partial charge is 0.493 e. The summed E-state index contributed by atoms with van der Waals surface area (Å²) in [5, 5.41) is 0. The molecule has 1 heterocycles. The van der Waals surface area contributed by atoms with Crippen LogP contribution in [0.1, 0.15) is 22.6 Å². The van der Waals surface area contributed by atoms with E-state index in [2.05, 4.69) is 9.72 Å². The van der Waals surface area contributed by atoms with Crippen molar-refractivity contribution in [3.8, 4) is 5.75 Å². The maximum Gasteiger partial charge on any atom is 0.356 e. The van der Waals surface area contributed by atoms with Crippen LogP contribution in [0.3, 0.4) is 0 Å². The van der Waals surface area contributed by atoms with Crippen molar-refractivity contribution < 1.29 is 23.0 Å². The molecule has 7 heteroatoms. The number of rotatable bonds is 3. The Bertz CT molecular complexity index is 412. The van der Waals surface area contributed by atoms with Crippen molar-refractivity contribution in [1.29, 1.82) is 0 Å². The molecule has 0 N–H and O–H groups in total. The van der Waals surface area contributed by atoms with Crippen molar-refractivity contribution in [3.63, 3.8) is 0 Å². The lowest BCUT2D eigenvalue weighted by molar-refractivity contribution is 0.0592. The minimum atomic E-state index is -2.81. The lowest BCUT2D eigenvalue weighted by Gasteiger charge is -2.10. The number of ether oxygens (including phenoxy) is 2. The van der Waals surface area contributed by atoms with Gasteiger partial charge in [0.1, 0.15) is 5.69 Å². The van der Waals surface area contributed by atoms with Gasteiger partial charge in [-0.25, -0.2) is 18.6 Å². The quantitative estimate of drug-likeness (QED) is 0.625. The number of methoxy groups -OCH3 is 2. The fraction of sp³-hybridized carbons (Fsp3) is 0.333. The van der Waals surface area contributed by atoms with E-state index in [1.807, 2.05) is 0 Å². The molecule has 1 rings (SSSR count). The zero-order chi connectivity index (χ0) is 12.3. The monoisotopic (exact) mass is 343 g/mol. The van der Waals surface area contributed by atoms with Gasteiger partial charge in [0, 0.05) is 0 Å². The van der Waals surface area contributed by atoms with Crippen LogP contribution in [0.5, 0.6) is 5.75 Å². The number of pyridine rings is 1. The van der Waals surface area contributed by atoms with E-state index in [0.29, 0.717) is 3.57 Å². The van der Waals surface area contributed by atoms with E-state index in [4.69, 9.17) is 4.74 Å². The first-order valence-electron chi connectivity index (χ1n) is 4.12. The molecule has 0 aliphatic heterocycles. The second-order valence-corrected chi connectivity index (χ2v) is 3.86. The summed E-state index contributed by atoms with van der Waals surface area (Å²) in [6, 6.07) is 1.33. The summed E-state index contributed by atoms with van der Waals surface area (Å²) in [4.78, 5) is 14.7. The number of carbonyl (C=O) groups is 1. The standard InChI is InChI=1S/C9H8F2INO3/c1-15-7-4(12)3-5(9(14)16-2)13-6(7)8(10)11/h3,8H,1-2H3. The average molecular weight is 343 g/mol. The van der Waals surface area contributed by atoms with Crippen LogP contribution in [0.2, 0.25) is 0 Å². The third-order valence-corrected chi connectivity index (χ3v) is 2.56. The van der Waals surface area contributed by atoms with Crippen molar-refractivity contribution in [2.24, 2.45) is 0 Å². The van der Waals surface area contributed by atoms with E-state index in [1.165, 1.54) is 13.2 Å². The summed E-state index contributed by atoms with van der Waals surface area (Å²) in [6.45, 7) is 0. The Morgan fingerprint density at radius 2 is 2.12 bits per heavy atom. The zero-order valence-corrected chi connectivity index (χ0v) is 10.6. The van der Waals surface area contributed by atoms with Crippen LogP contribution < -0.4 is 4.74 Å². The molecule has 0 saturated heterocycles. The highest BCUT2D eigenvalue weighted by Gasteiger charge is 2.22. The van der Waals surface area contributed by atoms with Crippen LogP contribution in [0.4, 0.5) is 8.78 Å². The Labute approximate surface area is 104 Å². The van der Waals surface area contributed by atoms with Crippen molar-refractivity contribution in [1.82, 2.24) is 4.98 Å². The Balaban J connectivity index is 3.33. The number of carbonyl (C=O) groups excluding carboxylic acids is 1. The molecule has 0 spiro atoms. The molecular formula is C9H8F2INO3. The molecule has 0 saturated carbocycles. The fourth-order valence-electron chi connectivity index (χ4n) is 1.08. The number of nitrogens with zero attached hydrogens (tertiary/aromatic N) is 1. The molecule has 0 fully saturated rings. The van der Waals surface area contributed by atoms with Gasteiger partial charge in [0.2, 0.25) is 0 Å². The minimum Gasteiger partial charge on any atom is -0.493 e. The smallest absolute Gasteiger partial charge is 0.356 e. The molecule has 4 nitrogen and oxygen atoms in total. The molecule has 0 atom stereocenters. The molecule has 0 bridgehead atoms. The molecule has 1 aromatic rings. The van der Waals surface area contributed by atoms with E-state index >= 15 is 0 Å². The summed E-state index contributed by atoms with van der Waals surface area (Å²) in [7, 11) is 2.42. The average Bonchev–Trinajstić information content (AvgIpc) is 2.26. The molecule has 0 radical (unpaired) electrons. The third kappa shape index (κ3) is 2.57. The first-order chi connectivity index (χ1) is 7.51. The topological polar surface area (TPSA) is 48.4 Å². The molecular weight excluding hydrogens is 335 g/mol. The summed E-state index contributed by atoms with van der Waals surface area (Å²) in [5.74, 6) is -0.786.